The second kappa shape index (κ2) is 2.99. The maximum absolute atomic E-state index is 8.89. The fraction of sp³-hybridized carbons (Fsp3) is 0.111. The van der Waals surface area contributed by atoms with Crippen LogP contribution in [-0.2, 0) is 6.61 Å². The van der Waals surface area contributed by atoms with Gasteiger partial charge in [-0.25, -0.2) is 9.97 Å². The van der Waals surface area contributed by atoms with Gasteiger partial charge in [0.05, 0.1) is 12.1 Å². The minimum absolute atomic E-state index is 0.0281. The van der Waals surface area contributed by atoms with E-state index in [4.69, 9.17) is 10.8 Å². The summed E-state index contributed by atoms with van der Waals surface area (Å²) in [5, 5.41) is 9.78. The topological polar surface area (TPSA) is 72.0 Å². The number of hydrogen-bond acceptors (Lipinski definition) is 4. The number of nitrogen functional groups attached to an aromatic ring is 1. The minimum Gasteiger partial charge on any atom is -0.392 e. The van der Waals surface area contributed by atoms with E-state index >= 15 is 0 Å². The smallest absolute Gasteiger partial charge is 0.220 e. The zero-order chi connectivity index (χ0) is 9.26. The number of aliphatic hydroxyl groups excluding tert-OH is 1. The molecule has 0 radical (unpaired) electrons. The summed E-state index contributed by atoms with van der Waals surface area (Å²) in [5.41, 5.74) is 7.07. The highest BCUT2D eigenvalue weighted by Gasteiger charge is 1.97. The molecule has 66 valence electrons. The number of rotatable bonds is 1. The molecule has 13 heavy (non-hydrogen) atoms. The molecule has 1 aromatic carbocycles. The average Bonchev–Trinajstić information content (AvgIpc) is 2.17. The molecule has 0 unspecified atom stereocenters. The highest BCUT2D eigenvalue weighted by atomic mass is 16.3. The number of nitrogens with two attached hydrogens (primary N) is 1. The van der Waals surface area contributed by atoms with Crippen LogP contribution in [0, 0.1) is 0 Å². The molecule has 0 fully saturated rings. The number of benzene rings is 1. The Hall–Kier alpha value is -1.68. The molecule has 0 saturated heterocycles. The van der Waals surface area contributed by atoms with Crippen molar-refractivity contribution in [2.24, 2.45) is 0 Å². The maximum atomic E-state index is 8.89. The summed E-state index contributed by atoms with van der Waals surface area (Å²) in [6.45, 7) is 0.0281. The fourth-order valence-corrected chi connectivity index (χ4v) is 1.20. The van der Waals surface area contributed by atoms with Gasteiger partial charge >= 0.3 is 0 Å². The zero-order valence-electron chi connectivity index (χ0n) is 6.94. The first-order valence-corrected chi connectivity index (χ1v) is 3.91. The lowest BCUT2D eigenvalue weighted by molar-refractivity contribution is 0.282. The van der Waals surface area contributed by atoms with E-state index in [0.717, 1.165) is 16.5 Å². The van der Waals surface area contributed by atoms with E-state index < -0.39 is 0 Å². The van der Waals surface area contributed by atoms with Crippen LogP contribution in [0.3, 0.4) is 0 Å². The molecular formula is C9H9N3O. The van der Waals surface area contributed by atoms with Gasteiger partial charge in [0.15, 0.2) is 0 Å². The highest BCUT2D eigenvalue weighted by molar-refractivity contribution is 5.79. The lowest BCUT2D eigenvalue weighted by Crippen LogP contribution is -1.94. The number of anilines is 1. The van der Waals surface area contributed by atoms with Crippen molar-refractivity contribution >= 4 is 16.9 Å². The number of fused-ring (bicyclic) bond motifs is 1. The van der Waals surface area contributed by atoms with Crippen molar-refractivity contribution < 1.29 is 5.11 Å². The molecule has 3 N–H and O–H groups in total. The molecule has 0 aliphatic rings. The molecule has 2 rings (SSSR count). The Morgan fingerprint density at radius 3 is 3.00 bits per heavy atom. The molecule has 0 spiro atoms. The van der Waals surface area contributed by atoms with Crippen LogP contribution in [0.1, 0.15) is 5.56 Å². The Labute approximate surface area is 75.1 Å². The largest absolute Gasteiger partial charge is 0.392 e. The van der Waals surface area contributed by atoms with Crippen LogP contribution in [0.15, 0.2) is 24.4 Å². The van der Waals surface area contributed by atoms with E-state index in [2.05, 4.69) is 9.97 Å². The van der Waals surface area contributed by atoms with Crippen molar-refractivity contribution in [3.05, 3.63) is 30.0 Å². The number of hydrogen-bond donors (Lipinski definition) is 2. The van der Waals surface area contributed by atoms with Crippen LogP contribution in [0.25, 0.3) is 10.9 Å². The third kappa shape index (κ3) is 1.43. The van der Waals surface area contributed by atoms with E-state index in [1.54, 1.807) is 6.20 Å². The van der Waals surface area contributed by atoms with E-state index in [1.165, 1.54) is 0 Å². The van der Waals surface area contributed by atoms with Crippen molar-refractivity contribution in [1.82, 2.24) is 9.97 Å². The van der Waals surface area contributed by atoms with Crippen molar-refractivity contribution in [2.75, 3.05) is 5.73 Å². The molecule has 0 bridgehead atoms. The molecule has 0 atom stereocenters. The Bertz CT molecular complexity index is 442. The van der Waals surface area contributed by atoms with Gasteiger partial charge in [-0.15, -0.1) is 0 Å². The monoisotopic (exact) mass is 175 g/mol. The van der Waals surface area contributed by atoms with E-state index in [9.17, 15) is 0 Å². The summed E-state index contributed by atoms with van der Waals surface area (Å²) in [7, 11) is 0. The summed E-state index contributed by atoms with van der Waals surface area (Å²) in [6.07, 6.45) is 1.65. The summed E-state index contributed by atoms with van der Waals surface area (Å²) >= 11 is 0. The molecule has 2 aromatic rings. The van der Waals surface area contributed by atoms with Gasteiger partial charge in [0.1, 0.15) is 0 Å². The number of nitrogens with zero attached hydrogens (tertiary/aromatic N) is 2. The van der Waals surface area contributed by atoms with E-state index in [1.807, 2.05) is 18.2 Å². The van der Waals surface area contributed by atoms with Gasteiger partial charge in [0.25, 0.3) is 0 Å². The van der Waals surface area contributed by atoms with Crippen molar-refractivity contribution in [3.8, 4) is 0 Å². The summed E-state index contributed by atoms with van der Waals surface area (Å²) in [5.74, 6) is 0.268. The predicted molar refractivity (Wildman–Crippen MR) is 49.9 cm³/mol. The maximum Gasteiger partial charge on any atom is 0.220 e. The second-order valence-electron chi connectivity index (χ2n) is 2.78. The molecule has 0 aliphatic heterocycles. The van der Waals surface area contributed by atoms with Crippen LogP contribution < -0.4 is 5.73 Å². The lowest BCUT2D eigenvalue weighted by atomic mass is 10.1. The average molecular weight is 175 g/mol. The minimum atomic E-state index is 0.0281. The molecule has 0 amide bonds. The Morgan fingerprint density at radius 1 is 1.38 bits per heavy atom. The van der Waals surface area contributed by atoms with Gasteiger partial charge < -0.3 is 10.8 Å². The standard InChI is InChI=1S/C9H9N3O/c10-9-11-4-7-3-6(5-13)1-2-8(7)12-9/h1-4,13H,5H2,(H2,10,11,12). The highest BCUT2D eigenvalue weighted by Crippen LogP contribution is 2.13. The first-order chi connectivity index (χ1) is 6.29. The second-order valence-corrected chi connectivity index (χ2v) is 2.78. The lowest BCUT2D eigenvalue weighted by Gasteiger charge is -1.99. The van der Waals surface area contributed by atoms with Crippen LogP contribution >= 0.6 is 0 Å². The van der Waals surface area contributed by atoms with Crippen molar-refractivity contribution in [2.45, 2.75) is 6.61 Å². The predicted octanol–water partition coefficient (Wildman–Crippen LogP) is 0.704. The molecule has 1 aromatic heterocycles. The fourth-order valence-electron chi connectivity index (χ4n) is 1.20. The molecular weight excluding hydrogens is 166 g/mol. The number of aromatic nitrogens is 2. The SMILES string of the molecule is Nc1ncc2cc(CO)ccc2n1. The normalized spacial score (nSPS) is 10.5. The van der Waals surface area contributed by atoms with Gasteiger partial charge in [-0.3, -0.25) is 0 Å². The molecule has 4 nitrogen and oxygen atoms in total. The molecule has 0 saturated carbocycles. The molecule has 1 heterocycles. The van der Waals surface area contributed by atoms with E-state index in [-0.39, 0.29) is 12.6 Å². The van der Waals surface area contributed by atoms with Gasteiger partial charge in [0.2, 0.25) is 5.95 Å². The first kappa shape index (κ1) is 7.94. The van der Waals surface area contributed by atoms with Gasteiger partial charge in [-0.1, -0.05) is 6.07 Å². The Balaban J connectivity index is 2.66. The molecule has 0 aliphatic carbocycles. The van der Waals surface area contributed by atoms with Gasteiger partial charge in [-0.05, 0) is 17.7 Å². The molecule has 4 heteroatoms. The third-order valence-electron chi connectivity index (χ3n) is 1.85. The van der Waals surface area contributed by atoms with Gasteiger partial charge in [0, 0.05) is 11.6 Å². The first-order valence-electron chi connectivity index (χ1n) is 3.91. The Morgan fingerprint density at radius 2 is 2.23 bits per heavy atom. The Kier molecular flexibility index (Phi) is 1.83. The van der Waals surface area contributed by atoms with Crippen LogP contribution in [0.2, 0.25) is 0 Å². The summed E-state index contributed by atoms with van der Waals surface area (Å²) in [4.78, 5) is 7.90. The summed E-state index contributed by atoms with van der Waals surface area (Å²) in [6, 6.07) is 5.47. The van der Waals surface area contributed by atoms with Crippen molar-refractivity contribution in [3.63, 3.8) is 0 Å². The number of aliphatic hydroxyl groups is 1. The van der Waals surface area contributed by atoms with Crippen LogP contribution in [0.5, 0.6) is 0 Å². The third-order valence-corrected chi connectivity index (χ3v) is 1.85. The van der Waals surface area contributed by atoms with Crippen LogP contribution in [-0.4, -0.2) is 15.1 Å². The zero-order valence-corrected chi connectivity index (χ0v) is 6.94. The quantitative estimate of drug-likeness (QED) is 0.669. The summed E-state index contributed by atoms with van der Waals surface area (Å²) < 4.78 is 0. The van der Waals surface area contributed by atoms with Crippen molar-refractivity contribution in [1.29, 1.82) is 0 Å². The van der Waals surface area contributed by atoms with Gasteiger partial charge in [-0.2, -0.15) is 0 Å². The van der Waals surface area contributed by atoms with Crippen LogP contribution in [0.4, 0.5) is 5.95 Å². The van der Waals surface area contributed by atoms with E-state index in [0.29, 0.717) is 0 Å².